The monoisotopic (exact) mass is 478 g/mol. The quantitative estimate of drug-likeness (QED) is 0.462. The number of carbonyl (C=O) groups excluding carboxylic acids is 1. The number of nitrogens with zero attached hydrogens (tertiary/aromatic N) is 4. The normalized spacial score (nSPS) is 12.1. The minimum Gasteiger partial charge on any atom is -0.308 e. The molecule has 0 aliphatic heterocycles. The molecule has 0 radical (unpaired) electrons. The van der Waals surface area contributed by atoms with Gasteiger partial charge in [-0.1, -0.05) is 17.4 Å². The van der Waals surface area contributed by atoms with E-state index in [9.17, 15) is 13.2 Å². The van der Waals surface area contributed by atoms with Crippen molar-refractivity contribution in [1.29, 1.82) is 0 Å². The van der Waals surface area contributed by atoms with Crippen LogP contribution in [0.2, 0.25) is 0 Å². The molecular weight excluding hydrogens is 452 g/mol. The molecule has 7 nitrogen and oxygen atoms in total. The van der Waals surface area contributed by atoms with Gasteiger partial charge in [0.25, 0.3) is 5.91 Å². The average Bonchev–Trinajstić information content (AvgIpc) is 3.17. The van der Waals surface area contributed by atoms with Gasteiger partial charge in [0.2, 0.25) is 10.0 Å². The number of likely N-dealkylation sites (N-methyl/N-ethyl adjacent to an activating group) is 1. The highest BCUT2D eigenvalue weighted by molar-refractivity contribution is 7.98. The first-order chi connectivity index (χ1) is 14.6. The summed E-state index contributed by atoms with van der Waals surface area (Å²) in [4.78, 5) is 23.1. The molecule has 1 aromatic heterocycles. The fourth-order valence-corrected chi connectivity index (χ4v) is 5.46. The van der Waals surface area contributed by atoms with Crippen molar-refractivity contribution in [1.82, 2.24) is 14.2 Å². The average molecular weight is 479 g/mol. The first kappa shape index (κ1) is 23.7. The van der Waals surface area contributed by atoms with Crippen molar-refractivity contribution >= 4 is 54.4 Å². The van der Waals surface area contributed by atoms with Crippen LogP contribution >= 0.6 is 23.1 Å². The molecule has 0 aliphatic rings. The SMILES string of the molecule is CSc1cccc2sc(N(CCN(C)C)C(=O)c3ccc(S(=O)(=O)N(C)C)cc3)nc12. The molecule has 0 fully saturated rings. The zero-order valence-corrected chi connectivity index (χ0v) is 20.6. The maximum atomic E-state index is 13.4. The minimum atomic E-state index is -3.55. The Balaban J connectivity index is 1.98. The highest BCUT2D eigenvalue weighted by atomic mass is 32.2. The van der Waals surface area contributed by atoms with Gasteiger partial charge >= 0.3 is 0 Å². The van der Waals surface area contributed by atoms with Crippen LogP contribution in [0, 0.1) is 0 Å². The standard InChI is InChI=1S/C21H26N4O3S3/c1-23(2)13-14-25(21-22-19-17(29-5)7-6-8-18(19)30-21)20(26)15-9-11-16(12-10-15)31(27,28)24(3)4/h6-12H,13-14H2,1-5H3. The van der Waals surface area contributed by atoms with E-state index in [0.717, 1.165) is 19.4 Å². The predicted molar refractivity (Wildman–Crippen MR) is 129 cm³/mol. The first-order valence-electron chi connectivity index (χ1n) is 9.58. The number of benzene rings is 2. The first-order valence-corrected chi connectivity index (χ1v) is 13.1. The summed E-state index contributed by atoms with van der Waals surface area (Å²) in [5.74, 6) is -0.208. The van der Waals surface area contributed by atoms with Crippen LogP contribution in [0.4, 0.5) is 5.13 Å². The van der Waals surface area contributed by atoms with Crippen LogP contribution in [-0.4, -0.2) is 76.1 Å². The fourth-order valence-electron chi connectivity index (χ4n) is 2.91. The number of sulfonamides is 1. The van der Waals surface area contributed by atoms with E-state index in [1.807, 2.05) is 43.5 Å². The molecule has 1 heterocycles. The second kappa shape index (κ2) is 9.66. The topological polar surface area (TPSA) is 73.8 Å². The lowest BCUT2D eigenvalue weighted by Crippen LogP contribution is -2.36. The molecule has 0 atom stereocenters. The number of aromatic nitrogens is 1. The largest absolute Gasteiger partial charge is 0.308 e. The van der Waals surface area contributed by atoms with Crippen molar-refractivity contribution in [3.05, 3.63) is 48.0 Å². The molecule has 0 unspecified atom stereocenters. The van der Waals surface area contributed by atoms with Gasteiger partial charge in [0.1, 0.15) is 0 Å². The van der Waals surface area contributed by atoms with Crippen LogP contribution in [0.15, 0.2) is 52.3 Å². The molecule has 166 valence electrons. The van der Waals surface area contributed by atoms with Crippen LogP contribution in [-0.2, 0) is 10.0 Å². The van der Waals surface area contributed by atoms with E-state index in [2.05, 4.69) is 0 Å². The van der Waals surface area contributed by atoms with E-state index in [1.54, 1.807) is 28.8 Å². The fraction of sp³-hybridized carbons (Fsp3) is 0.333. The van der Waals surface area contributed by atoms with Crippen molar-refractivity contribution in [3.8, 4) is 0 Å². The number of rotatable bonds is 8. The summed E-state index contributed by atoms with van der Waals surface area (Å²) in [6, 6.07) is 12.1. The number of hydrogen-bond acceptors (Lipinski definition) is 7. The maximum Gasteiger partial charge on any atom is 0.260 e. The Bertz CT molecular complexity index is 1170. The molecule has 0 saturated heterocycles. The second-order valence-electron chi connectivity index (χ2n) is 7.38. The van der Waals surface area contributed by atoms with Gasteiger partial charge in [0.05, 0.1) is 15.1 Å². The number of hydrogen-bond donors (Lipinski definition) is 0. The van der Waals surface area contributed by atoms with Crippen molar-refractivity contribution in [2.45, 2.75) is 9.79 Å². The number of fused-ring (bicyclic) bond motifs is 1. The van der Waals surface area contributed by atoms with Gasteiger partial charge in [-0.2, -0.15) is 0 Å². The molecule has 0 bridgehead atoms. The van der Waals surface area contributed by atoms with Crippen molar-refractivity contribution in [2.24, 2.45) is 0 Å². The smallest absolute Gasteiger partial charge is 0.260 e. The summed E-state index contributed by atoms with van der Waals surface area (Å²) in [5.41, 5.74) is 1.31. The number of para-hydroxylation sites is 1. The summed E-state index contributed by atoms with van der Waals surface area (Å²) in [6.07, 6.45) is 2.01. The maximum absolute atomic E-state index is 13.4. The Kier molecular flexibility index (Phi) is 7.38. The Morgan fingerprint density at radius 1 is 1.03 bits per heavy atom. The number of thioether (sulfide) groups is 1. The van der Waals surface area contributed by atoms with E-state index in [0.29, 0.717) is 23.8 Å². The van der Waals surface area contributed by atoms with Crippen LogP contribution in [0.3, 0.4) is 0 Å². The Morgan fingerprint density at radius 2 is 1.71 bits per heavy atom. The van der Waals surface area contributed by atoms with Gasteiger partial charge in [-0.15, -0.1) is 11.8 Å². The molecule has 31 heavy (non-hydrogen) atoms. The van der Waals surface area contributed by atoms with E-state index < -0.39 is 10.0 Å². The molecular formula is C21H26N4O3S3. The molecule has 2 aromatic carbocycles. The number of anilines is 1. The van der Waals surface area contributed by atoms with Gasteiger partial charge in [0.15, 0.2) is 5.13 Å². The van der Waals surface area contributed by atoms with E-state index in [-0.39, 0.29) is 10.8 Å². The second-order valence-corrected chi connectivity index (χ2v) is 11.4. The highest BCUT2D eigenvalue weighted by Gasteiger charge is 2.23. The lowest BCUT2D eigenvalue weighted by molar-refractivity contribution is 0.0985. The Morgan fingerprint density at radius 3 is 2.29 bits per heavy atom. The number of carbonyl (C=O) groups is 1. The predicted octanol–water partition coefficient (Wildman–Crippen LogP) is 3.48. The van der Waals surface area contributed by atoms with Crippen LogP contribution in [0.1, 0.15) is 10.4 Å². The van der Waals surface area contributed by atoms with Gasteiger partial charge in [-0.05, 0) is 56.7 Å². The number of amides is 1. The summed E-state index contributed by atoms with van der Waals surface area (Å²) in [6.45, 7) is 1.14. The summed E-state index contributed by atoms with van der Waals surface area (Å²) in [7, 11) is 3.31. The van der Waals surface area contributed by atoms with E-state index in [1.165, 1.54) is 37.6 Å². The van der Waals surface area contributed by atoms with Crippen LogP contribution in [0.25, 0.3) is 10.2 Å². The Hall–Kier alpha value is -1.98. The summed E-state index contributed by atoms with van der Waals surface area (Å²) < 4.78 is 26.8. The molecule has 1 amide bonds. The molecule has 3 rings (SSSR count). The van der Waals surface area contributed by atoms with Gasteiger partial charge in [-0.25, -0.2) is 17.7 Å². The molecule has 0 aliphatic carbocycles. The Labute approximate surface area is 191 Å². The molecule has 0 saturated carbocycles. The third kappa shape index (κ3) is 5.09. The minimum absolute atomic E-state index is 0.151. The van der Waals surface area contributed by atoms with Gasteiger partial charge in [-0.3, -0.25) is 9.69 Å². The van der Waals surface area contributed by atoms with E-state index >= 15 is 0 Å². The van der Waals surface area contributed by atoms with Crippen molar-refractivity contribution in [3.63, 3.8) is 0 Å². The van der Waals surface area contributed by atoms with Crippen LogP contribution < -0.4 is 4.90 Å². The molecule has 0 N–H and O–H groups in total. The molecule has 10 heteroatoms. The zero-order valence-electron chi connectivity index (χ0n) is 18.2. The third-order valence-electron chi connectivity index (χ3n) is 4.72. The molecule has 0 spiro atoms. The van der Waals surface area contributed by atoms with Crippen LogP contribution in [0.5, 0.6) is 0 Å². The lowest BCUT2D eigenvalue weighted by Gasteiger charge is -2.22. The van der Waals surface area contributed by atoms with Gasteiger partial charge in [0, 0.05) is 37.6 Å². The summed E-state index contributed by atoms with van der Waals surface area (Å²) in [5, 5.41) is 0.633. The van der Waals surface area contributed by atoms with E-state index in [4.69, 9.17) is 4.98 Å². The van der Waals surface area contributed by atoms with Crippen molar-refractivity contribution < 1.29 is 13.2 Å². The molecule has 3 aromatic rings. The highest BCUT2D eigenvalue weighted by Crippen LogP contribution is 2.34. The number of thiazole rings is 1. The lowest BCUT2D eigenvalue weighted by atomic mass is 10.2. The zero-order chi connectivity index (χ0) is 22.8. The third-order valence-corrected chi connectivity index (χ3v) is 8.36. The van der Waals surface area contributed by atoms with Crippen molar-refractivity contribution in [2.75, 3.05) is 52.4 Å². The summed E-state index contributed by atoms with van der Waals surface area (Å²) >= 11 is 3.10. The van der Waals surface area contributed by atoms with Gasteiger partial charge < -0.3 is 4.90 Å².